The van der Waals surface area contributed by atoms with Crippen molar-refractivity contribution in [2.24, 2.45) is 5.73 Å². The average molecular weight is 305 g/mol. The molecule has 0 amide bonds. The van der Waals surface area contributed by atoms with Gasteiger partial charge in [-0.15, -0.1) is 11.3 Å². The number of hydrogen-bond donors (Lipinski definition) is 1. The van der Waals surface area contributed by atoms with Crippen LogP contribution in [0.4, 0.5) is 0 Å². The molecule has 1 aromatic carbocycles. The van der Waals surface area contributed by atoms with Crippen molar-refractivity contribution in [1.82, 2.24) is 0 Å². The van der Waals surface area contributed by atoms with Crippen LogP contribution in [0.1, 0.15) is 55.9 Å². The molecule has 0 aliphatic heterocycles. The summed E-state index contributed by atoms with van der Waals surface area (Å²) in [5.41, 5.74) is 7.16. The third kappa shape index (κ3) is 4.80. The van der Waals surface area contributed by atoms with Gasteiger partial charge in [0.05, 0.1) is 6.61 Å². The van der Waals surface area contributed by atoms with Gasteiger partial charge in [-0.3, -0.25) is 0 Å². The number of hydrogen-bond acceptors (Lipinski definition) is 3. The molecule has 2 nitrogen and oxygen atoms in total. The van der Waals surface area contributed by atoms with Crippen molar-refractivity contribution in [2.75, 3.05) is 6.61 Å². The summed E-state index contributed by atoms with van der Waals surface area (Å²) in [5, 5.41) is 1.31. The molecule has 2 rings (SSSR count). The Hall–Kier alpha value is -0.900. The Morgan fingerprint density at radius 3 is 2.62 bits per heavy atom. The largest absolute Gasteiger partial charge is 0.377 e. The highest BCUT2D eigenvalue weighted by Gasteiger charge is 2.10. The number of ether oxygens (including phenoxy) is 1. The Kier molecular flexibility index (Phi) is 7.20. The van der Waals surface area contributed by atoms with Gasteiger partial charge in [0, 0.05) is 28.3 Å². The third-order valence-corrected chi connectivity index (χ3v) is 5.09. The molecular formula is C18H27NOS. The van der Waals surface area contributed by atoms with E-state index in [0.717, 1.165) is 6.61 Å². The van der Waals surface area contributed by atoms with Gasteiger partial charge in [-0.25, -0.2) is 0 Å². The maximum absolute atomic E-state index is 5.89. The fourth-order valence-corrected chi connectivity index (χ4v) is 3.72. The zero-order valence-electron chi connectivity index (χ0n) is 13.1. The second-order valence-electron chi connectivity index (χ2n) is 5.52. The molecule has 0 saturated heterocycles. The molecule has 0 fully saturated rings. The molecule has 0 aliphatic carbocycles. The van der Waals surface area contributed by atoms with Crippen LogP contribution in [0.2, 0.25) is 0 Å². The van der Waals surface area contributed by atoms with Gasteiger partial charge >= 0.3 is 0 Å². The van der Waals surface area contributed by atoms with Crippen molar-refractivity contribution in [3.05, 3.63) is 34.7 Å². The Morgan fingerprint density at radius 1 is 1.05 bits per heavy atom. The fourth-order valence-electron chi connectivity index (χ4n) is 2.63. The lowest BCUT2D eigenvalue weighted by molar-refractivity contribution is 0.117. The summed E-state index contributed by atoms with van der Waals surface area (Å²) in [6.45, 7) is 4.42. The van der Waals surface area contributed by atoms with Crippen LogP contribution in [0.5, 0.6) is 0 Å². The number of unbranched alkanes of at least 4 members (excludes halogenated alkanes) is 5. The van der Waals surface area contributed by atoms with Crippen LogP contribution in [-0.4, -0.2) is 6.61 Å². The number of thiophene rings is 1. The van der Waals surface area contributed by atoms with Crippen molar-refractivity contribution in [2.45, 2.75) is 58.6 Å². The first-order valence-electron chi connectivity index (χ1n) is 8.14. The first kappa shape index (κ1) is 16.5. The van der Waals surface area contributed by atoms with Crippen LogP contribution in [0, 0.1) is 0 Å². The highest BCUT2D eigenvalue weighted by Crippen LogP contribution is 2.31. The lowest BCUT2D eigenvalue weighted by atomic mass is 10.1. The molecule has 0 bridgehead atoms. The normalized spacial score (nSPS) is 11.3. The zero-order valence-corrected chi connectivity index (χ0v) is 13.9. The second kappa shape index (κ2) is 9.19. The molecule has 2 N–H and O–H groups in total. The van der Waals surface area contributed by atoms with Gasteiger partial charge in [-0.1, -0.05) is 57.2 Å². The van der Waals surface area contributed by atoms with Gasteiger partial charge in [0.2, 0.25) is 0 Å². The molecule has 0 spiro atoms. The summed E-state index contributed by atoms with van der Waals surface area (Å²) >= 11 is 1.80. The lowest BCUT2D eigenvalue weighted by Gasteiger charge is -2.06. The average Bonchev–Trinajstić information content (AvgIpc) is 2.88. The molecule has 1 aromatic heterocycles. The molecule has 0 radical (unpaired) electrons. The summed E-state index contributed by atoms with van der Waals surface area (Å²) in [6.07, 6.45) is 7.83. The van der Waals surface area contributed by atoms with Crippen molar-refractivity contribution in [3.63, 3.8) is 0 Å². The van der Waals surface area contributed by atoms with Crippen molar-refractivity contribution in [1.29, 1.82) is 0 Å². The Morgan fingerprint density at radius 2 is 1.81 bits per heavy atom. The monoisotopic (exact) mass is 305 g/mol. The maximum atomic E-state index is 5.89. The van der Waals surface area contributed by atoms with Gasteiger partial charge in [-0.05, 0) is 17.9 Å². The fraction of sp³-hybridized carbons (Fsp3) is 0.556. The van der Waals surface area contributed by atoms with Gasteiger partial charge in [0.25, 0.3) is 0 Å². The smallest absolute Gasteiger partial charge is 0.0734 e. The summed E-state index contributed by atoms with van der Waals surface area (Å²) in [7, 11) is 0. The molecule has 0 atom stereocenters. The summed E-state index contributed by atoms with van der Waals surface area (Å²) in [5.74, 6) is 0. The van der Waals surface area contributed by atoms with Gasteiger partial charge in [0.1, 0.15) is 0 Å². The highest BCUT2D eigenvalue weighted by molar-refractivity contribution is 7.19. The summed E-state index contributed by atoms with van der Waals surface area (Å²) in [6, 6.07) is 8.51. The van der Waals surface area contributed by atoms with E-state index in [1.807, 2.05) is 0 Å². The standard InChI is InChI=1S/C18H27NOS/c1-2-3-4-5-6-9-12-20-14-16-15-10-7-8-11-17(15)21-18(16)13-19/h7-8,10-11H,2-6,9,12-14,19H2,1H3. The van der Waals surface area contributed by atoms with E-state index in [4.69, 9.17) is 10.5 Å². The molecule has 1 heterocycles. The van der Waals surface area contributed by atoms with Gasteiger partial charge in [-0.2, -0.15) is 0 Å². The number of benzene rings is 1. The number of fused-ring (bicyclic) bond motifs is 1. The predicted octanol–water partition coefficient (Wildman–Crippen LogP) is 5.24. The van der Waals surface area contributed by atoms with E-state index in [9.17, 15) is 0 Å². The highest BCUT2D eigenvalue weighted by atomic mass is 32.1. The van der Waals surface area contributed by atoms with E-state index in [1.54, 1.807) is 11.3 Å². The molecular weight excluding hydrogens is 278 g/mol. The van der Waals surface area contributed by atoms with Gasteiger partial charge < -0.3 is 10.5 Å². The van der Waals surface area contributed by atoms with Crippen molar-refractivity contribution in [3.8, 4) is 0 Å². The topological polar surface area (TPSA) is 35.2 Å². The summed E-state index contributed by atoms with van der Waals surface area (Å²) < 4.78 is 7.20. The van der Waals surface area contributed by atoms with Crippen molar-refractivity contribution < 1.29 is 4.74 Å². The Labute approximate surface area is 132 Å². The van der Waals surface area contributed by atoms with Gasteiger partial charge in [0.15, 0.2) is 0 Å². The minimum Gasteiger partial charge on any atom is -0.377 e. The Balaban J connectivity index is 1.78. The molecule has 0 aliphatic rings. The van der Waals surface area contributed by atoms with E-state index in [-0.39, 0.29) is 0 Å². The quantitative estimate of drug-likeness (QED) is 0.609. The minimum absolute atomic E-state index is 0.606. The van der Waals surface area contributed by atoms with E-state index in [1.165, 1.54) is 59.1 Å². The Bertz CT molecular complexity index is 535. The van der Waals surface area contributed by atoms with Crippen LogP contribution >= 0.6 is 11.3 Å². The van der Waals surface area contributed by atoms with Crippen LogP contribution in [-0.2, 0) is 17.9 Å². The third-order valence-electron chi connectivity index (χ3n) is 3.86. The maximum Gasteiger partial charge on any atom is 0.0734 e. The van der Waals surface area contributed by atoms with E-state index >= 15 is 0 Å². The zero-order chi connectivity index (χ0) is 14.9. The molecule has 0 unspecified atom stereocenters. The van der Waals surface area contributed by atoms with E-state index < -0.39 is 0 Å². The van der Waals surface area contributed by atoms with Crippen LogP contribution in [0.25, 0.3) is 10.1 Å². The van der Waals surface area contributed by atoms with Crippen LogP contribution in [0.3, 0.4) is 0 Å². The lowest BCUT2D eigenvalue weighted by Crippen LogP contribution is -2.01. The van der Waals surface area contributed by atoms with E-state index in [2.05, 4.69) is 31.2 Å². The number of rotatable bonds is 10. The SMILES string of the molecule is CCCCCCCCOCc1c(CN)sc2ccccc12. The number of nitrogens with two attached hydrogens (primary N) is 1. The molecule has 116 valence electrons. The first-order valence-corrected chi connectivity index (χ1v) is 8.95. The molecule has 2 aromatic rings. The predicted molar refractivity (Wildman–Crippen MR) is 92.7 cm³/mol. The second-order valence-corrected chi connectivity index (χ2v) is 6.66. The van der Waals surface area contributed by atoms with Crippen molar-refractivity contribution >= 4 is 21.4 Å². The summed E-state index contributed by atoms with van der Waals surface area (Å²) in [4.78, 5) is 1.26. The van der Waals surface area contributed by atoms with Crippen LogP contribution in [0.15, 0.2) is 24.3 Å². The first-order chi connectivity index (χ1) is 10.4. The molecule has 0 saturated carbocycles. The molecule has 3 heteroatoms. The van der Waals surface area contributed by atoms with E-state index in [0.29, 0.717) is 13.2 Å². The van der Waals surface area contributed by atoms with Crippen LogP contribution < -0.4 is 5.73 Å². The molecule has 21 heavy (non-hydrogen) atoms. The minimum atomic E-state index is 0.606.